The van der Waals surface area contributed by atoms with Crippen molar-refractivity contribution >= 4 is 23.3 Å². The van der Waals surface area contributed by atoms with E-state index < -0.39 is 6.09 Å². The molecule has 0 aliphatic carbocycles. The highest BCUT2D eigenvalue weighted by atomic mass is 32.1. The SMILES string of the molecule is O=C(CN1CCOC1=O)NCCc1csc(-c2cnccn2)n1. The summed E-state index contributed by atoms with van der Waals surface area (Å²) >= 11 is 1.49. The average Bonchev–Trinajstić information content (AvgIpc) is 3.18. The van der Waals surface area contributed by atoms with E-state index in [-0.39, 0.29) is 12.5 Å². The minimum atomic E-state index is -0.437. The molecule has 3 rings (SSSR count). The van der Waals surface area contributed by atoms with E-state index in [1.165, 1.54) is 16.2 Å². The smallest absolute Gasteiger partial charge is 0.410 e. The Hall–Kier alpha value is -2.55. The van der Waals surface area contributed by atoms with Crippen LogP contribution in [0.25, 0.3) is 10.7 Å². The van der Waals surface area contributed by atoms with E-state index in [2.05, 4.69) is 20.3 Å². The number of amides is 2. The predicted octanol–water partition coefficient (Wildman–Crippen LogP) is 0.711. The molecule has 2 aromatic rings. The van der Waals surface area contributed by atoms with Crippen LogP contribution in [0.1, 0.15) is 5.69 Å². The maximum absolute atomic E-state index is 11.8. The summed E-state index contributed by atoms with van der Waals surface area (Å²) in [5, 5.41) is 5.52. The van der Waals surface area contributed by atoms with Gasteiger partial charge in [-0.25, -0.2) is 9.78 Å². The molecule has 8 nitrogen and oxygen atoms in total. The summed E-state index contributed by atoms with van der Waals surface area (Å²) in [6, 6.07) is 0. The van der Waals surface area contributed by atoms with Gasteiger partial charge in [0, 0.05) is 30.7 Å². The van der Waals surface area contributed by atoms with Gasteiger partial charge in [0.25, 0.3) is 0 Å². The number of carbonyl (C=O) groups excluding carboxylic acids is 2. The van der Waals surface area contributed by atoms with Crippen LogP contribution in [-0.2, 0) is 16.0 Å². The fourth-order valence-corrected chi connectivity index (χ4v) is 2.89. The lowest BCUT2D eigenvalue weighted by Crippen LogP contribution is -2.38. The lowest BCUT2D eigenvalue weighted by atomic mass is 10.3. The summed E-state index contributed by atoms with van der Waals surface area (Å²) in [6.45, 7) is 1.29. The molecular formula is C14H15N5O3S. The van der Waals surface area contributed by atoms with Gasteiger partial charge < -0.3 is 10.1 Å². The van der Waals surface area contributed by atoms with Crippen molar-refractivity contribution in [3.8, 4) is 10.7 Å². The van der Waals surface area contributed by atoms with Crippen LogP contribution in [0.4, 0.5) is 4.79 Å². The predicted molar refractivity (Wildman–Crippen MR) is 82.8 cm³/mol. The van der Waals surface area contributed by atoms with Crippen LogP contribution >= 0.6 is 11.3 Å². The summed E-state index contributed by atoms with van der Waals surface area (Å²) in [4.78, 5) is 37.1. The van der Waals surface area contributed by atoms with Gasteiger partial charge in [0.05, 0.1) is 18.4 Å². The fourth-order valence-electron chi connectivity index (χ4n) is 2.08. The molecule has 1 aliphatic rings. The largest absolute Gasteiger partial charge is 0.448 e. The van der Waals surface area contributed by atoms with Crippen molar-refractivity contribution in [1.29, 1.82) is 0 Å². The van der Waals surface area contributed by atoms with Crippen molar-refractivity contribution in [2.24, 2.45) is 0 Å². The number of thiazole rings is 1. The summed E-state index contributed by atoms with van der Waals surface area (Å²) in [6.07, 6.45) is 5.09. The van der Waals surface area contributed by atoms with Gasteiger partial charge in [-0.2, -0.15) is 0 Å². The van der Waals surface area contributed by atoms with Crippen molar-refractivity contribution in [3.63, 3.8) is 0 Å². The molecule has 0 bridgehead atoms. The summed E-state index contributed by atoms with van der Waals surface area (Å²) in [5.74, 6) is -0.201. The van der Waals surface area contributed by atoms with Crippen molar-refractivity contribution in [2.75, 3.05) is 26.2 Å². The Morgan fingerprint density at radius 1 is 1.43 bits per heavy atom. The van der Waals surface area contributed by atoms with Crippen molar-refractivity contribution < 1.29 is 14.3 Å². The van der Waals surface area contributed by atoms with E-state index in [0.717, 1.165) is 16.4 Å². The molecule has 1 saturated heterocycles. The second kappa shape index (κ2) is 7.14. The third-order valence-corrected chi connectivity index (χ3v) is 4.13. The van der Waals surface area contributed by atoms with Gasteiger partial charge in [0.15, 0.2) is 0 Å². The van der Waals surface area contributed by atoms with E-state index in [0.29, 0.717) is 26.1 Å². The summed E-state index contributed by atoms with van der Waals surface area (Å²) in [5.41, 5.74) is 1.62. The maximum Gasteiger partial charge on any atom is 0.410 e. The molecule has 1 aliphatic heterocycles. The first kappa shape index (κ1) is 15.3. The van der Waals surface area contributed by atoms with Crippen LogP contribution < -0.4 is 5.32 Å². The number of rotatable bonds is 6. The molecule has 1 fully saturated rings. The van der Waals surface area contributed by atoms with Crippen molar-refractivity contribution in [3.05, 3.63) is 29.7 Å². The number of cyclic esters (lactones) is 1. The van der Waals surface area contributed by atoms with Gasteiger partial charge in [0.1, 0.15) is 23.9 Å². The Labute approximate surface area is 136 Å². The second-order valence-electron chi connectivity index (χ2n) is 4.87. The Morgan fingerprint density at radius 2 is 2.35 bits per heavy atom. The first-order valence-corrected chi connectivity index (χ1v) is 7.99. The highest BCUT2D eigenvalue weighted by molar-refractivity contribution is 7.13. The van der Waals surface area contributed by atoms with E-state index >= 15 is 0 Å². The quantitative estimate of drug-likeness (QED) is 0.836. The maximum atomic E-state index is 11.8. The number of carbonyl (C=O) groups is 2. The molecule has 1 N–H and O–H groups in total. The molecule has 0 atom stereocenters. The summed E-state index contributed by atoms with van der Waals surface area (Å²) < 4.78 is 4.77. The van der Waals surface area contributed by atoms with Gasteiger partial charge in [-0.3, -0.25) is 19.7 Å². The Bertz CT molecular complexity index is 691. The number of ether oxygens (including phenoxy) is 1. The average molecular weight is 333 g/mol. The molecule has 0 aromatic carbocycles. The van der Waals surface area contributed by atoms with Crippen LogP contribution in [0.5, 0.6) is 0 Å². The van der Waals surface area contributed by atoms with Crippen LogP contribution in [0.3, 0.4) is 0 Å². The molecule has 3 heterocycles. The number of hydrogen-bond acceptors (Lipinski definition) is 7. The first-order valence-electron chi connectivity index (χ1n) is 7.11. The molecule has 0 radical (unpaired) electrons. The highest BCUT2D eigenvalue weighted by Gasteiger charge is 2.23. The highest BCUT2D eigenvalue weighted by Crippen LogP contribution is 2.20. The molecule has 9 heteroatoms. The lowest BCUT2D eigenvalue weighted by molar-refractivity contribution is -0.121. The van der Waals surface area contributed by atoms with Crippen LogP contribution in [0.15, 0.2) is 24.0 Å². The monoisotopic (exact) mass is 333 g/mol. The second-order valence-corrected chi connectivity index (χ2v) is 5.73. The van der Waals surface area contributed by atoms with Crippen LogP contribution in [-0.4, -0.2) is 58.1 Å². The fraction of sp³-hybridized carbons (Fsp3) is 0.357. The summed E-state index contributed by atoms with van der Waals surface area (Å²) in [7, 11) is 0. The molecule has 2 amide bonds. The third-order valence-electron chi connectivity index (χ3n) is 3.22. The van der Waals surface area contributed by atoms with E-state index in [1.807, 2.05) is 5.38 Å². The van der Waals surface area contributed by atoms with E-state index in [9.17, 15) is 9.59 Å². The Morgan fingerprint density at radius 3 is 3.09 bits per heavy atom. The van der Waals surface area contributed by atoms with Gasteiger partial charge in [-0.1, -0.05) is 0 Å². The normalized spacial score (nSPS) is 13.9. The number of aromatic nitrogens is 3. The Kier molecular flexibility index (Phi) is 4.77. The molecule has 23 heavy (non-hydrogen) atoms. The van der Waals surface area contributed by atoms with Gasteiger partial charge in [-0.15, -0.1) is 11.3 Å². The van der Waals surface area contributed by atoms with Gasteiger partial charge in [-0.05, 0) is 0 Å². The molecule has 0 saturated carbocycles. The first-order chi connectivity index (χ1) is 11.2. The zero-order valence-electron chi connectivity index (χ0n) is 12.3. The molecule has 120 valence electrons. The molecule has 0 spiro atoms. The van der Waals surface area contributed by atoms with Gasteiger partial charge >= 0.3 is 6.09 Å². The van der Waals surface area contributed by atoms with Crippen molar-refractivity contribution in [1.82, 2.24) is 25.2 Å². The zero-order chi connectivity index (χ0) is 16.1. The minimum absolute atomic E-state index is 0.0285. The standard InChI is InChI=1S/C14H15N5O3S/c20-12(8-19-5-6-22-14(19)21)17-2-1-10-9-23-13(18-10)11-7-15-3-4-16-11/h3-4,7,9H,1-2,5-6,8H2,(H,17,20). The number of hydrogen-bond donors (Lipinski definition) is 1. The minimum Gasteiger partial charge on any atom is -0.448 e. The van der Waals surface area contributed by atoms with Crippen LogP contribution in [0, 0.1) is 0 Å². The van der Waals surface area contributed by atoms with Gasteiger partial charge in [0.2, 0.25) is 5.91 Å². The topological polar surface area (TPSA) is 97.3 Å². The van der Waals surface area contributed by atoms with Crippen LogP contribution in [0.2, 0.25) is 0 Å². The third kappa shape index (κ3) is 4.01. The van der Waals surface area contributed by atoms with Crippen molar-refractivity contribution in [2.45, 2.75) is 6.42 Å². The molecule has 2 aromatic heterocycles. The van der Waals surface area contributed by atoms with E-state index in [4.69, 9.17) is 4.74 Å². The van der Waals surface area contributed by atoms with E-state index in [1.54, 1.807) is 18.6 Å². The molecule has 0 unspecified atom stereocenters. The number of nitrogens with one attached hydrogen (secondary N) is 1. The zero-order valence-corrected chi connectivity index (χ0v) is 13.1. The molecular weight excluding hydrogens is 318 g/mol. The Balaban J connectivity index is 1.45. The lowest BCUT2D eigenvalue weighted by Gasteiger charge is -2.11. The number of nitrogens with zero attached hydrogens (tertiary/aromatic N) is 4.